The van der Waals surface area contributed by atoms with Gasteiger partial charge in [-0.05, 0) is 45.7 Å². The largest absolute Gasteiger partial charge is 0.318 e. The van der Waals surface area contributed by atoms with Crippen LogP contribution >= 0.6 is 11.3 Å². The number of amides is 1. The van der Waals surface area contributed by atoms with Gasteiger partial charge in [0.15, 0.2) is 0 Å². The van der Waals surface area contributed by atoms with Gasteiger partial charge in [0.05, 0.1) is 5.54 Å². The molecule has 0 aromatic carbocycles. The Kier molecular flexibility index (Phi) is 4.02. The number of nitrogens with one attached hydrogen (secondary N) is 1. The first-order chi connectivity index (χ1) is 8.92. The predicted molar refractivity (Wildman–Crippen MR) is 80.2 cm³/mol. The van der Waals surface area contributed by atoms with E-state index in [-0.39, 0.29) is 18.1 Å². The molecule has 4 heteroatoms. The third kappa shape index (κ3) is 2.43. The van der Waals surface area contributed by atoms with Crippen molar-refractivity contribution in [2.45, 2.75) is 65.2 Å². The number of hydrogen-bond donors (Lipinski definition) is 1. The van der Waals surface area contributed by atoms with Crippen molar-refractivity contribution >= 4 is 17.2 Å². The van der Waals surface area contributed by atoms with Gasteiger partial charge in [0, 0.05) is 15.8 Å². The first-order valence-electron chi connectivity index (χ1n) is 7.09. The normalized spacial score (nSPS) is 29.0. The van der Waals surface area contributed by atoms with Gasteiger partial charge in [-0.2, -0.15) is 0 Å². The average molecular weight is 280 g/mol. The van der Waals surface area contributed by atoms with Crippen molar-refractivity contribution in [3.8, 4) is 0 Å². The Morgan fingerprint density at radius 3 is 2.63 bits per heavy atom. The van der Waals surface area contributed by atoms with Crippen LogP contribution in [0.1, 0.15) is 56.5 Å². The molecule has 1 amide bonds. The lowest BCUT2D eigenvalue weighted by Gasteiger charge is -2.29. The molecule has 3 unspecified atom stereocenters. The number of carbonyl (C=O) groups is 1. The van der Waals surface area contributed by atoms with Crippen LogP contribution < -0.4 is 5.32 Å². The SMILES string of the molecule is CCC(C)N1C(=O)C(C)(CC)NC1c1ccc(C)s1. The van der Waals surface area contributed by atoms with Crippen LogP contribution in [0, 0.1) is 6.92 Å². The zero-order chi connectivity index (χ0) is 14.2. The van der Waals surface area contributed by atoms with Crippen molar-refractivity contribution in [1.82, 2.24) is 10.2 Å². The van der Waals surface area contributed by atoms with Gasteiger partial charge in [-0.15, -0.1) is 11.3 Å². The van der Waals surface area contributed by atoms with Gasteiger partial charge in [-0.1, -0.05) is 13.8 Å². The molecule has 1 aromatic heterocycles. The molecule has 2 heterocycles. The lowest BCUT2D eigenvalue weighted by molar-refractivity contribution is -0.134. The fourth-order valence-electron chi connectivity index (χ4n) is 2.55. The van der Waals surface area contributed by atoms with E-state index in [1.807, 2.05) is 11.8 Å². The molecule has 3 nitrogen and oxygen atoms in total. The molecule has 19 heavy (non-hydrogen) atoms. The summed E-state index contributed by atoms with van der Waals surface area (Å²) in [4.78, 5) is 17.3. The van der Waals surface area contributed by atoms with Crippen molar-refractivity contribution in [3.05, 3.63) is 21.9 Å². The van der Waals surface area contributed by atoms with E-state index in [2.05, 4.69) is 45.1 Å². The summed E-state index contributed by atoms with van der Waals surface area (Å²) < 4.78 is 0. The molecule has 1 aliphatic rings. The number of thiophene rings is 1. The zero-order valence-corrected chi connectivity index (χ0v) is 13.3. The van der Waals surface area contributed by atoms with E-state index in [0.717, 1.165) is 12.8 Å². The van der Waals surface area contributed by atoms with Gasteiger partial charge in [-0.25, -0.2) is 0 Å². The highest BCUT2D eigenvalue weighted by atomic mass is 32.1. The van der Waals surface area contributed by atoms with Crippen LogP contribution in [-0.4, -0.2) is 22.4 Å². The highest BCUT2D eigenvalue weighted by Crippen LogP contribution is 2.37. The summed E-state index contributed by atoms with van der Waals surface area (Å²) in [7, 11) is 0. The molecular formula is C15H24N2OS. The molecule has 1 saturated heterocycles. The maximum absolute atomic E-state index is 12.7. The number of hydrogen-bond acceptors (Lipinski definition) is 3. The second-order valence-electron chi connectivity index (χ2n) is 5.65. The topological polar surface area (TPSA) is 32.3 Å². The van der Waals surface area contributed by atoms with Crippen LogP contribution in [0.25, 0.3) is 0 Å². The average Bonchev–Trinajstić information content (AvgIpc) is 2.93. The van der Waals surface area contributed by atoms with Crippen molar-refractivity contribution in [2.75, 3.05) is 0 Å². The first-order valence-corrected chi connectivity index (χ1v) is 7.91. The Labute approximate surface area is 120 Å². The molecule has 0 saturated carbocycles. The van der Waals surface area contributed by atoms with Crippen LogP contribution in [0.2, 0.25) is 0 Å². The summed E-state index contributed by atoms with van der Waals surface area (Å²) in [5, 5.41) is 3.55. The van der Waals surface area contributed by atoms with E-state index in [9.17, 15) is 4.79 Å². The van der Waals surface area contributed by atoms with Crippen molar-refractivity contribution in [3.63, 3.8) is 0 Å². The summed E-state index contributed by atoms with van der Waals surface area (Å²) in [6, 6.07) is 4.53. The summed E-state index contributed by atoms with van der Waals surface area (Å²) in [6.45, 7) is 10.5. The van der Waals surface area contributed by atoms with Crippen LogP contribution in [-0.2, 0) is 4.79 Å². The highest BCUT2D eigenvalue weighted by Gasteiger charge is 2.48. The molecule has 0 aliphatic carbocycles. The fourth-order valence-corrected chi connectivity index (χ4v) is 3.48. The zero-order valence-electron chi connectivity index (χ0n) is 12.5. The minimum absolute atomic E-state index is 0.0334. The predicted octanol–water partition coefficient (Wildman–Crippen LogP) is 3.45. The summed E-state index contributed by atoms with van der Waals surface area (Å²) in [5.74, 6) is 0.236. The van der Waals surface area contributed by atoms with Gasteiger partial charge in [0.1, 0.15) is 6.17 Å². The van der Waals surface area contributed by atoms with Gasteiger partial charge in [-0.3, -0.25) is 10.1 Å². The van der Waals surface area contributed by atoms with Gasteiger partial charge in [0.2, 0.25) is 5.91 Å². The number of carbonyl (C=O) groups excluding carboxylic acids is 1. The summed E-state index contributed by atoms with van der Waals surface area (Å²) in [6.07, 6.45) is 1.83. The minimum Gasteiger partial charge on any atom is -0.318 e. The van der Waals surface area contributed by atoms with Gasteiger partial charge in [0.25, 0.3) is 0 Å². The number of aryl methyl sites for hydroxylation is 1. The van der Waals surface area contributed by atoms with Gasteiger partial charge >= 0.3 is 0 Å². The lowest BCUT2D eigenvalue weighted by Crippen LogP contribution is -2.44. The van der Waals surface area contributed by atoms with Crippen LogP contribution in [0.5, 0.6) is 0 Å². The summed E-state index contributed by atoms with van der Waals surface area (Å²) in [5.41, 5.74) is -0.425. The second kappa shape index (κ2) is 5.25. The standard InChI is InChI=1S/C15H24N2OS/c1-6-10(3)17-13(12-9-8-11(4)19-12)16-15(5,7-2)14(17)18/h8-10,13,16H,6-7H2,1-5H3. The molecule has 0 radical (unpaired) electrons. The van der Waals surface area contributed by atoms with Crippen LogP contribution in [0.4, 0.5) is 0 Å². The smallest absolute Gasteiger partial charge is 0.244 e. The Hall–Kier alpha value is -0.870. The van der Waals surface area contributed by atoms with Gasteiger partial charge < -0.3 is 4.90 Å². The molecule has 1 fully saturated rings. The monoisotopic (exact) mass is 280 g/mol. The quantitative estimate of drug-likeness (QED) is 0.916. The van der Waals surface area contributed by atoms with Crippen molar-refractivity contribution in [2.24, 2.45) is 0 Å². The Balaban J connectivity index is 2.37. The molecule has 2 rings (SSSR count). The maximum atomic E-state index is 12.7. The Morgan fingerprint density at radius 1 is 1.47 bits per heavy atom. The molecule has 3 atom stereocenters. The van der Waals surface area contributed by atoms with E-state index in [1.54, 1.807) is 11.3 Å². The van der Waals surface area contributed by atoms with Crippen LogP contribution in [0.15, 0.2) is 12.1 Å². The molecule has 0 spiro atoms. The van der Waals surface area contributed by atoms with Crippen LogP contribution in [0.3, 0.4) is 0 Å². The van der Waals surface area contributed by atoms with E-state index < -0.39 is 5.54 Å². The molecule has 0 bridgehead atoms. The minimum atomic E-state index is -0.425. The third-order valence-corrected chi connectivity index (χ3v) is 5.30. The lowest BCUT2D eigenvalue weighted by atomic mass is 9.99. The first kappa shape index (κ1) is 14.5. The molecule has 1 aliphatic heterocycles. The highest BCUT2D eigenvalue weighted by molar-refractivity contribution is 7.12. The Morgan fingerprint density at radius 2 is 2.16 bits per heavy atom. The number of nitrogens with zero attached hydrogens (tertiary/aromatic N) is 1. The molecule has 1 aromatic rings. The molecule has 106 valence electrons. The fraction of sp³-hybridized carbons (Fsp3) is 0.667. The number of rotatable bonds is 4. The van der Waals surface area contributed by atoms with Crippen molar-refractivity contribution in [1.29, 1.82) is 0 Å². The van der Waals surface area contributed by atoms with E-state index in [4.69, 9.17) is 0 Å². The maximum Gasteiger partial charge on any atom is 0.244 e. The summed E-state index contributed by atoms with van der Waals surface area (Å²) >= 11 is 1.77. The van der Waals surface area contributed by atoms with E-state index in [0.29, 0.717) is 0 Å². The van der Waals surface area contributed by atoms with E-state index in [1.165, 1.54) is 9.75 Å². The van der Waals surface area contributed by atoms with Crippen molar-refractivity contribution < 1.29 is 4.79 Å². The second-order valence-corrected chi connectivity index (χ2v) is 6.97. The van der Waals surface area contributed by atoms with E-state index >= 15 is 0 Å². The Bertz CT molecular complexity index is 470. The molecule has 1 N–H and O–H groups in total. The third-order valence-electron chi connectivity index (χ3n) is 4.24. The molecular weight excluding hydrogens is 256 g/mol.